The van der Waals surface area contributed by atoms with Gasteiger partial charge in [0, 0.05) is 30.1 Å². The molecule has 0 saturated heterocycles. The molecule has 1 fully saturated rings. The van der Waals surface area contributed by atoms with Crippen LogP contribution in [0.25, 0.3) is 0 Å². The third kappa shape index (κ3) is 5.93. The Hall–Kier alpha value is -3.13. The number of carbonyl (C=O) groups excluding carboxylic acids is 1. The fourth-order valence-corrected chi connectivity index (χ4v) is 5.09. The summed E-state index contributed by atoms with van der Waals surface area (Å²) in [6, 6.07) is 25.1. The molecule has 4 rings (SSSR count). The lowest BCUT2D eigenvalue weighted by molar-refractivity contribution is -0.0397. The highest BCUT2D eigenvalue weighted by Crippen LogP contribution is 2.43. The van der Waals surface area contributed by atoms with Crippen molar-refractivity contribution in [1.82, 2.24) is 10.6 Å². The van der Waals surface area contributed by atoms with Crippen LogP contribution in [0.1, 0.15) is 40.7 Å². The van der Waals surface area contributed by atoms with E-state index in [9.17, 15) is 9.90 Å². The second-order valence-corrected chi connectivity index (χ2v) is 9.21. The molecule has 0 aromatic heterocycles. The quantitative estimate of drug-likeness (QED) is 0.417. The van der Waals surface area contributed by atoms with Crippen LogP contribution in [0.15, 0.2) is 84.9 Å². The van der Waals surface area contributed by atoms with Gasteiger partial charge < -0.3 is 15.2 Å². The molecule has 3 atom stereocenters. The molecule has 5 nitrogen and oxygen atoms in total. The van der Waals surface area contributed by atoms with Crippen LogP contribution in [0.5, 0.6) is 0 Å². The van der Waals surface area contributed by atoms with Gasteiger partial charge in [0.1, 0.15) is 5.82 Å². The Kier molecular flexibility index (Phi) is 8.23. The van der Waals surface area contributed by atoms with Crippen molar-refractivity contribution in [3.63, 3.8) is 0 Å². The molecule has 1 aliphatic rings. The molecule has 1 saturated carbocycles. The van der Waals surface area contributed by atoms with E-state index in [1.165, 1.54) is 6.07 Å². The number of hydrogen-bond acceptors (Lipinski definition) is 4. The summed E-state index contributed by atoms with van der Waals surface area (Å²) < 4.78 is 21.4. The first-order chi connectivity index (χ1) is 17.0. The highest BCUT2D eigenvalue weighted by Gasteiger charge is 2.47. The highest BCUT2D eigenvalue weighted by molar-refractivity contribution is 7.80. The van der Waals surface area contributed by atoms with Crippen molar-refractivity contribution in [3.05, 3.63) is 107 Å². The lowest BCUT2D eigenvalue weighted by Crippen LogP contribution is -2.59. The average molecular weight is 493 g/mol. The molecule has 182 valence electrons. The van der Waals surface area contributed by atoms with Crippen LogP contribution in [-0.4, -0.2) is 28.8 Å². The number of aliphatic hydroxyl groups is 1. The summed E-state index contributed by atoms with van der Waals surface area (Å²) in [6.45, 7) is 0.264. The maximum atomic E-state index is 15.2. The summed E-state index contributed by atoms with van der Waals surface area (Å²) in [7, 11) is 0. The Morgan fingerprint density at radius 1 is 1.00 bits per heavy atom. The zero-order chi connectivity index (χ0) is 24.7. The Morgan fingerprint density at radius 2 is 1.66 bits per heavy atom. The van der Waals surface area contributed by atoms with Crippen molar-refractivity contribution in [3.8, 4) is 0 Å². The molecule has 35 heavy (non-hydrogen) atoms. The van der Waals surface area contributed by atoms with Crippen molar-refractivity contribution < 1.29 is 19.0 Å². The summed E-state index contributed by atoms with van der Waals surface area (Å²) in [5.74, 6) is -1.10. The van der Waals surface area contributed by atoms with Gasteiger partial charge in [0.05, 0.1) is 18.2 Å². The fraction of sp³-hybridized carbons (Fsp3) is 0.286. The molecule has 3 aromatic rings. The summed E-state index contributed by atoms with van der Waals surface area (Å²) in [5.41, 5.74) is 0.846. The number of halogens is 1. The molecule has 0 unspecified atom stereocenters. The second kappa shape index (κ2) is 11.5. The minimum Gasteiger partial charge on any atom is -0.396 e. The zero-order valence-electron chi connectivity index (χ0n) is 19.3. The van der Waals surface area contributed by atoms with Crippen molar-refractivity contribution in [2.24, 2.45) is 5.92 Å². The van der Waals surface area contributed by atoms with Gasteiger partial charge >= 0.3 is 0 Å². The van der Waals surface area contributed by atoms with E-state index in [4.69, 9.17) is 17.0 Å². The molecule has 1 aliphatic carbocycles. The van der Waals surface area contributed by atoms with Crippen LogP contribution in [0.2, 0.25) is 0 Å². The van der Waals surface area contributed by atoms with Gasteiger partial charge in [0.15, 0.2) is 5.11 Å². The van der Waals surface area contributed by atoms with E-state index < -0.39 is 11.4 Å². The van der Waals surface area contributed by atoms with E-state index in [-0.39, 0.29) is 29.6 Å². The molecular weight excluding hydrogens is 463 g/mol. The van der Waals surface area contributed by atoms with Crippen molar-refractivity contribution in [2.75, 3.05) is 6.61 Å². The summed E-state index contributed by atoms with van der Waals surface area (Å²) in [5, 5.41) is 16.3. The van der Waals surface area contributed by atoms with Crippen molar-refractivity contribution >= 4 is 23.2 Å². The Bertz CT molecular complexity index is 1150. The number of hydrogen-bond donors (Lipinski definition) is 3. The predicted molar refractivity (Wildman–Crippen MR) is 137 cm³/mol. The van der Waals surface area contributed by atoms with Gasteiger partial charge in [-0.1, -0.05) is 66.7 Å². The summed E-state index contributed by atoms with van der Waals surface area (Å²) in [6.07, 6.45) is 1.51. The van der Waals surface area contributed by atoms with Crippen LogP contribution in [0, 0.1) is 11.7 Å². The minimum absolute atomic E-state index is 0.0734. The van der Waals surface area contributed by atoms with Crippen molar-refractivity contribution in [1.29, 1.82) is 0 Å². The Balaban J connectivity index is 1.60. The lowest BCUT2D eigenvalue weighted by Gasteiger charge is -2.47. The molecule has 0 bridgehead atoms. The van der Waals surface area contributed by atoms with Gasteiger partial charge in [-0.15, -0.1) is 0 Å². The van der Waals surface area contributed by atoms with E-state index in [1.807, 2.05) is 36.4 Å². The van der Waals surface area contributed by atoms with E-state index in [1.54, 1.807) is 42.5 Å². The number of ether oxygens (including phenoxy) is 1. The average Bonchev–Trinajstić information content (AvgIpc) is 2.88. The molecule has 3 aromatic carbocycles. The van der Waals surface area contributed by atoms with Crippen LogP contribution < -0.4 is 10.6 Å². The number of benzene rings is 3. The largest absolute Gasteiger partial charge is 0.396 e. The first kappa shape index (κ1) is 25.0. The van der Waals surface area contributed by atoms with Gasteiger partial charge in [-0.2, -0.15) is 0 Å². The van der Waals surface area contributed by atoms with Gasteiger partial charge in [-0.25, -0.2) is 4.39 Å². The van der Waals surface area contributed by atoms with Crippen LogP contribution in [0.3, 0.4) is 0 Å². The van der Waals surface area contributed by atoms with Gasteiger partial charge in [-0.3, -0.25) is 10.1 Å². The van der Waals surface area contributed by atoms with E-state index >= 15 is 4.39 Å². The number of aliphatic hydroxyl groups excluding tert-OH is 1. The standard InChI is InChI=1S/C28H29FN2O3S/c29-25-14-8-7-13-24(25)28(31-27(35)30-26(33)21-11-5-2-6-12-21)17-23(16-15-22(28)18-32)34-19-20-9-3-1-4-10-20/h1-14,22-23,32H,15-19H2,(H2,30,31,33,35)/t22-,23+,28-/m0/s1. The predicted octanol–water partition coefficient (Wildman–Crippen LogP) is 4.70. The number of carbonyl (C=O) groups is 1. The third-order valence-corrected chi connectivity index (χ3v) is 6.79. The third-order valence-electron chi connectivity index (χ3n) is 6.59. The number of rotatable bonds is 7. The first-order valence-electron chi connectivity index (χ1n) is 11.7. The smallest absolute Gasteiger partial charge is 0.257 e. The van der Waals surface area contributed by atoms with E-state index in [0.29, 0.717) is 30.6 Å². The first-order valence-corrected chi connectivity index (χ1v) is 12.1. The number of thiocarbonyl (C=S) groups is 1. The van der Waals surface area contributed by atoms with Crippen LogP contribution in [0.4, 0.5) is 4.39 Å². The van der Waals surface area contributed by atoms with Crippen LogP contribution >= 0.6 is 12.2 Å². The van der Waals surface area contributed by atoms with Crippen molar-refractivity contribution in [2.45, 2.75) is 37.5 Å². The topological polar surface area (TPSA) is 70.6 Å². The number of amides is 1. The monoisotopic (exact) mass is 492 g/mol. The normalized spacial score (nSPS) is 21.8. The molecule has 0 heterocycles. The molecule has 0 spiro atoms. The summed E-state index contributed by atoms with van der Waals surface area (Å²) in [4.78, 5) is 12.7. The second-order valence-electron chi connectivity index (χ2n) is 8.81. The van der Waals surface area contributed by atoms with Gasteiger partial charge in [0.25, 0.3) is 5.91 Å². The molecule has 3 N–H and O–H groups in total. The Labute approximate surface area is 210 Å². The molecular formula is C28H29FN2O3S. The lowest BCUT2D eigenvalue weighted by atomic mass is 9.68. The summed E-state index contributed by atoms with van der Waals surface area (Å²) >= 11 is 5.52. The van der Waals surface area contributed by atoms with E-state index in [2.05, 4.69) is 10.6 Å². The molecule has 7 heteroatoms. The van der Waals surface area contributed by atoms with Crippen LogP contribution in [-0.2, 0) is 16.9 Å². The Morgan fingerprint density at radius 3 is 2.34 bits per heavy atom. The number of nitrogens with one attached hydrogen (secondary N) is 2. The van der Waals surface area contributed by atoms with Gasteiger partial charge in [-0.05, 0) is 48.8 Å². The SMILES string of the molecule is O=C(NC(=S)N[C@@]1(c2ccccc2F)C[C@H](OCc2ccccc2)CC[C@H]1CO)c1ccccc1. The maximum absolute atomic E-state index is 15.2. The zero-order valence-corrected chi connectivity index (χ0v) is 20.1. The fourth-order valence-electron chi connectivity index (χ4n) is 4.81. The molecule has 0 aliphatic heterocycles. The highest BCUT2D eigenvalue weighted by atomic mass is 32.1. The molecule has 1 amide bonds. The van der Waals surface area contributed by atoms with E-state index in [0.717, 1.165) is 12.0 Å². The molecule has 0 radical (unpaired) electrons. The minimum atomic E-state index is -1.05. The maximum Gasteiger partial charge on any atom is 0.257 e. The van der Waals surface area contributed by atoms with Gasteiger partial charge in [0.2, 0.25) is 0 Å².